The molecule has 0 atom stereocenters. The minimum atomic E-state index is 1.64. The third kappa shape index (κ3) is 7.84. The van der Waals surface area contributed by atoms with E-state index in [1.54, 1.807) is 47.5 Å². The fraction of sp³-hybridized carbons (Fsp3) is 0. The van der Waals surface area contributed by atoms with Crippen molar-refractivity contribution in [3.63, 3.8) is 0 Å². The molecule has 3 aromatic rings. The summed E-state index contributed by atoms with van der Waals surface area (Å²) in [6, 6.07) is 8.07. The van der Waals surface area contributed by atoms with Crippen LogP contribution >= 0.6 is 22.7 Å². The lowest BCUT2D eigenvalue weighted by molar-refractivity contribution is 1.20. The zero-order valence-corrected chi connectivity index (χ0v) is 10.3. The number of thiophene rings is 2. The molecule has 3 aromatic heterocycles. The third-order valence-corrected chi connectivity index (χ3v) is 2.59. The zero-order chi connectivity index (χ0) is 11.3. The van der Waals surface area contributed by atoms with Crippen molar-refractivity contribution in [2.45, 2.75) is 0 Å². The van der Waals surface area contributed by atoms with E-state index in [1.807, 2.05) is 45.8 Å². The molecule has 0 spiro atoms. The van der Waals surface area contributed by atoms with Crippen LogP contribution in [0.3, 0.4) is 0 Å². The standard InChI is InChI=1S/C4H4N2.2C4H4S/c1-2-6-4-3-5-1;2*1-2-4-5-3-1/h1-4H;2*1-4H. The van der Waals surface area contributed by atoms with Gasteiger partial charge in [-0.2, -0.15) is 22.7 Å². The van der Waals surface area contributed by atoms with Crippen LogP contribution < -0.4 is 0 Å². The fourth-order valence-corrected chi connectivity index (χ4v) is 1.61. The Balaban J connectivity index is 0.000000121. The fourth-order valence-electron chi connectivity index (χ4n) is 0.707. The van der Waals surface area contributed by atoms with Gasteiger partial charge in [-0.3, -0.25) is 9.97 Å². The summed E-state index contributed by atoms with van der Waals surface area (Å²) in [4.78, 5) is 7.44. The van der Waals surface area contributed by atoms with E-state index >= 15 is 0 Å². The molecular formula is C12H12N2S2. The van der Waals surface area contributed by atoms with Crippen LogP contribution in [-0.4, -0.2) is 9.97 Å². The Hall–Kier alpha value is -1.52. The highest BCUT2D eigenvalue weighted by Crippen LogP contribution is 1.92. The lowest BCUT2D eigenvalue weighted by atomic mass is 10.7. The van der Waals surface area contributed by atoms with Gasteiger partial charge in [0.2, 0.25) is 0 Å². The van der Waals surface area contributed by atoms with Crippen LogP contribution in [0.5, 0.6) is 0 Å². The number of hydrogen-bond acceptors (Lipinski definition) is 4. The van der Waals surface area contributed by atoms with Crippen molar-refractivity contribution in [2.24, 2.45) is 0 Å². The topological polar surface area (TPSA) is 25.8 Å². The molecular weight excluding hydrogens is 236 g/mol. The number of aromatic nitrogens is 2. The van der Waals surface area contributed by atoms with Crippen molar-refractivity contribution in [3.05, 3.63) is 70.6 Å². The van der Waals surface area contributed by atoms with E-state index in [9.17, 15) is 0 Å². The highest BCUT2D eigenvalue weighted by Gasteiger charge is 1.59. The second kappa shape index (κ2) is 10.0. The maximum Gasteiger partial charge on any atom is 0.0451 e. The zero-order valence-electron chi connectivity index (χ0n) is 8.64. The van der Waals surface area contributed by atoms with Gasteiger partial charge >= 0.3 is 0 Å². The van der Waals surface area contributed by atoms with Crippen LogP contribution in [0.15, 0.2) is 70.6 Å². The van der Waals surface area contributed by atoms with Gasteiger partial charge in [0, 0.05) is 24.8 Å². The van der Waals surface area contributed by atoms with E-state index in [0.29, 0.717) is 0 Å². The lowest BCUT2D eigenvalue weighted by Crippen LogP contribution is -1.66. The first-order chi connectivity index (χ1) is 8.00. The van der Waals surface area contributed by atoms with E-state index < -0.39 is 0 Å². The predicted molar refractivity (Wildman–Crippen MR) is 70.7 cm³/mol. The molecule has 16 heavy (non-hydrogen) atoms. The van der Waals surface area contributed by atoms with Gasteiger partial charge in [0.25, 0.3) is 0 Å². The van der Waals surface area contributed by atoms with Crippen molar-refractivity contribution in [3.8, 4) is 0 Å². The van der Waals surface area contributed by atoms with Crippen molar-refractivity contribution < 1.29 is 0 Å². The number of nitrogens with zero attached hydrogens (tertiary/aromatic N) is 2. The molecule has 0 aliphatic heterocycles. The molecule has 82 valence electrons. The minimum absolute atomic E-state index is 1.64. The van der Waals surface area contributed by atoms with Gasteiger partial charge in [-0.05, 0) is 21.5 Å². The molecule has 3 heterocycles. The first-order valence-electron chi connectivity index (χ1n) is 4.64. The van der Waals surface area contributed by atoms with E-state index in [2.05, 4.69) is 9.97 Å². The smallest absolute Gasteiger partial charge is 0.0451 e. The van der Waals surface area contributed by atoms with Crippen LogP contribution in [0.2, 0.25) is 0 Å². The highest BCUT2D eigenvalue weighted by atomic mass is 32.1. The normalized spacial score (nSPS) is 8.00. The van der Waals surface area contributed by atoms with E-state index in [4.69, 9.17) is 0 Å². The molecule has 0 bridgehead atoms. The first-order valence-corrected chi connectivity index (χ1v) is 6.53. The van der Waals surface area contributed by atoms with Gasteiger partial charge in [-0.25, -0.2) is 0 Å². The molecule has 0 aliphatic rings. The van der Waals surface area contributed by atoms with E-state index in [1.165, 1.54) is 0 Å². The largest absolute Gasteiger partial charge is 0.262 e. The summed E-state index contributed by atoms with van der Waals surface area (Å²) in [6.07, 6.45) is 6.56. The highest BCUT2D eigenvalue weighted by molar-refractivity contribution is 7.08. The van der Waals surface area contributed by atoms with Gasteiger partial charge in [-0.1, -0.05) is 24.3 Å². The van der Waals surface area contributed by atoms with Gasteiger partial charge in [0.1, 0.15) is 0 Å². The maximum atomic E-state index is 3.72. The Kier molecular flexibility index (Phi) is 7.85. The van der Waals surface area contributed by atoms with Crippen molar-refractivity contribution >= 4 is 22.7 Å². The molecule has 3 rings (SSSR count). The Morgan fingerprint density at radius 2 is 0.812 bits per heavy atom. The summed E-state index contributed by atoms with van der Waals surface area (Å²) in [6.45, 7) is 0. The van der Waals surface area contributed by atoms with E-state index in [-0.39, 0.29) is 0 Å². The molecule has 4 heteroatoms. The number of hydrogen-bond donors (Lipinski definition) is 0. The second-order valence-electron chi connectivity index (χ2n) is 2.48. The monoisotopic (exact) mass is 248 g/mol. The van der Waals surface area contributed by atoms with Gasteiger partial charge in [-0.15, -0.1) is 0 Å². The first kappa shape index (κ1) is 12.5. The average molecular weight is 248 g/mol. The van der Waals surface area contributed by atoms with Crippen LogP contribution in [0.4, 0.5) is 0 Å². The lowest BCUT2D eigenvalue weighted by Gasteiger charge is -1.70. The Labute approximate surface area is 103 Å². The summed E-state index contributed by atoms with van der Waals surface area (Å²) in [5, 5.41) is 8.17. The Bertz CT molecular complexity index is 308. The quantitative estimate of drug-likeness (QED) is 0.601. The molecule has 0 radical (unpaired) electrons. The van der Waals surface area contributed by atoms with Crippen molar-refractivity contribution in [2.75, 3.05) is 0 Å². The molecule has 0 fully saturated rings. The second-order valence-corrected chi connectivity index (χ2v) is 4.11. The van der Waals surface area contributed by atoms with Crippen molar-refractivity contribution in [1.82, 2.24) is 9.97 Å². The Morgan fingerprint density at radius 1 is 0.500 bits per heavy atom. The number of rotatable bonds is 0. The molecule has 0 saturated carbocycles. The SMILES string of the molecule is c1ccsc1.c1ccsc1.c1cnccn1. The minimum Gasteiger partial charge on any atom is -0.262 e. The molecule has 0 aromatic carbocycles. The van der Waals surface area contributed by atoms with Crippen LogP contribution in [0.1, 0.15) is 0 Å². The van der Waals surface area contributed by atoms with Crippen LogP contribution in [0.25, 0.3) is 0 Å². The van der Waals surface area contributed by atoms with Gasteiger partial charge < -0.3 is 0 Å². The summed E-state index contributed by atoms with van der Waals surface area (Å²) in [5.41, 5.74) is 0. The summed E-state index contributed by atoms with van der Waals surface area (Å²) < 4.78 is 0. The molecule has 2 nitrogen and oxygen atoms in total. The summed E-state index contributed by atoms with van der Waals surface area (Å²) in [7, 11) is 0. The third-order valence-electron chi connectivity index (χ3n) is 1.33. The van der Waals surface area contributed by atoms with Crippen LogP contribution in [-0.2, 0) is 0 Å². The summed E-state index contributed by atoms with van der Waals surface area (Å²) >= 11 is 3.43. The molecule has 0 saturated heterocycles. The van der Waals surface area contributed by atoms with Crippen LogP contribution in [0, 0.1) is 0 Å². The maximum absolute atomic E-state index is 3.72. The molecule has 0 unspecified atom stereocenters. The predicted octanol–water partition coefficient (Wildman–Crippen LogP) is 3.97. The van der Waals surface area contributed by atoms with E-state index in [0.717, 1.165) is 0 Å². The Morgan fingerprint density at radius 3 is 0.938 bits per heavy atom. The summed E-state index contributed by atoms with van der Waals surface area (Å²) in [5.74, 6) is 0. The molecule has 0 N–H and O–H groups in total. The van der Waals surface area contributed by atoms with Gasteiger partial charge in [0.15, 0.2) is 0 Å². The molecule has 0 aliphatic carbocycles. The van der Waals surface area contributed by atoms with Gasteiger partial charge in [0.05, 0.1) is 0 Å². The molecule has 0 amide bonds. The van der Waals surface area contributed by atoms with Crippen molar-refractivity contribution in [1.29, 1.82) is 0 Å². The average Bonchev–Trinajstić information content (AvgIpc) is 3.10.